The maximum absolute atomic E-state index is 5.93. The predicted octanol–water partition coefficient (Wildman–Crippen LogP) is 2.35. The molecule has 1 aromatic rings. The Balaban J connectivity index is 1.63. The van der Waals surface area contributed by atoms with Gasteiger partial charge < -0.3 is 25.2 Å². The fourth-order valence-electron chi connectivity index (χ4n) is 3.33. The van der Waals surface area contributed by atoms with E-state index in [1.165, 1.54) is 25.1 Å². The highest BCUT2D eigenvalue weighted by Crippen LogP contribution is 2.15. The standard InChI is InChI=1S/C22H39N5O/c1-4-23-22(25-13-16-27-15-9-14-26(3)17-18-27)24-12-8-19-28-20(2)21-10-6-5-7-11-21/h5-7,10-11,20H,4,8-9,12-19H2,1-3H3,(H2,23,24,25). The Kier molecular flexibility index (Phi) is 10.9. The van der Waals surface area contributed by atoms with E-state index in [2.05, 4.69) is 70.6 Å². The number of guanidine groups is 1. The van der Waals surface area contributed by atoms with Crippen molar-refractivity contribution in [1.29, 1.82) is 0 Å². The van der Waals surface area contributed by atoms with Crippen molar-refractivity contribution in [3.8, 4) is 0 Å². The third kappa shape index (κ3) is 9.04. The average Bonchev–Trinajstić information content (AvgIpc) is 2.92. The molecule has 0 amide bonds. The van der Waals surface area contributed by atoms with Crippen molar-refractivity contribution >= 4 is 5.96 Å². The van der Waals surface area contributed by atoms with Crippen LogP contribution in [-0.2, 0) is 4.74 Å². The Morgan fingerprint density at radius 3 is 2.75 bits per heavy atom. The molecule has 1 aromatic carbocycles. The summed E-state index contributed by atoms with van der Waals surface area (Å²) >= 11 is 0. The first kappa shape index (κ1) is 22.7. The third-order valence-electron chi connectivity index (χ3n) is 5.09. The van der Waals surface area contributed by atoms with Crippen LogP contribution in [0, 0.1) is 0 Å². The number of benzene rings is 1. The summed E-state index contributed by atoms with van der Waals surface area (Å²) < 4.78 is 5.93. The second kappa shape index (κ2) is 13.5. The van der Waals surface area contributed by atoms with Gasteiger partial charge in [-0.25, -0.2) is 0 Å². The quantitative estimate of drug-likeness (QED) is 0.365. The maximum Gasteiger partial charge on any atom is 0.191 e. The topological polar surface area (TPSA) is 52.1 Å². The van der Waals surface area contributed by atoms with Gasteiger partial charge in [0.1, 0.15) is 0 Å². The monoisotopic (exact) mass is 389 g/mol. The van der Waals surface area contributed by atoms with E-state index in [1.54, 1.807) is 0 Å². The summed E-state index contributed by atoms with van der Waals surface area (Å²) in [6, 6.07) is 10.4. The van der Waals surface area contributed by atoms with E-state index in [-0.39, 0.29) is 6.10 Å². The van der Waals surface area contributed by atoms with Crippen LogP contribution in [0.2, 0.25) is 0 Å². The number of aliphatic imine (C=N–C) groups is 1. The van der Waals surface area contributed by atoms with E-state index in [1.807, 2.05) is 6.07 Å². The van der Waals surface area contributed by atoms with Gasteiger partial charge in [0.25, 0.3) is 0 Å². The van der Waals surface area contributed by atoms with Crippen LogP contribution in [0.3, 0.4) is 0 Å². The zero-order valence-corrected chi connectivity index (χ0v) is 18.0. The highest BCUT2D eigenvalue weighted by atomic mass is 16.5. The van der Waals surface area contributed by atoms with Gasteiger partial charge in [-0.1, -0.05) is 30.3 Å². The first-order valence-corrected chi connectivity index (χ1v) is 10.8. The van der Waals surface area contributed by atoms with Crippen molar-refractivity contribution in [3.63, 3.8) is 0 Å². The highest BCUT2D eigenvalue weighted by molar-refractivity contribution is 5.79. The smallest absolute Gasteiger partial charge is 0.191 e. The first-order chi connectivity index (χ1) is 13.7. The van der Waals surface area contributed by atoms with Gasteiger partial charge in [-0.05, 0) is 52.4 Å². The molecule has 6 heteroatoms. The molecule has 1 aliphatic heterocycles. The lowest BCUT2D eigenvalue weighted by atomic mass is 10.1. The van der Waals surface area contributed by atoms with Crippen molar-refractivity contribution in [3.05, 3.63) is 35.9 Å². The summed E-state index contributed by atoms with van der Waals surface area (Å²) in [4.78, 5) is 9.64. The zero-order chi connectivity index (χ0) is 20.0. The number of ether oxygens (including phenoxy) is 1. The fourth-order valence-corrected chi connectivity index (χ4v) is 3.33. The van der Waals surface area contributed by atoms with Gasteiger partial charge in [0.05, 0.1) is 6.10 Å². The van der Waals surface area contributed by atoms with E-state index in [0.717, 1.165) is 58.3 Å². The third-order valence-corrected chi connectivity index (χ3v) is 5.09. The highest BCUT2D eigenvalue weighted by Gasteiger charge is 2.11. The molecule has 0 saturated carbocycles. The minimum absolute atomic E-state index is 0.129. The summed E-state index contributed by atoms with van der Waals surface area (Å²) in [6.45, 7) is 13.3. The number of hydrogen-bond acceptors (Lipinski definition) is 4. The maximum atomic E-state index is 5.93. The van der Waals surface area contributed by atoms with E-state index >= 15 is 0 Å². The molecule has 158 valence electrons. The Labute approximate surface area is 171 Å². The van der Waals surface area contributed by atoms with E-state index in [9.17, 15) is 0 Å². The number of nitrogens with one attached hydrogen (secondary N) is 2. The van der Waals surface area contributed by atoms with Crippen LogP contribution in [0.1, 0.15) is 38.4 Å². The molecule has 0 bridgehead atoms. The molecular formula is C22H39N5O. The SMILES string of the molecule is CCNC(=NCCCOC(C)c1ccccc1)NCCN1CCCN(C)CC1. The Morgan fingerprint density at radius 1 is 1.14 bits per heavy atom. The van der Waals surface area contributed by atoms with Crippen molar-refractivity contribution in [2.45, 2.75) is 32.8 Å². The van der Waals surface area contributed by atoms with Crippen LogP contribution in [-0.4, -0.2) is 81.8 Å². The van der Waals surface area contributed by atoms with Crippen LogP contribution < -0.4 is 10.6 Å². The summed E-state index contributed by atoms with van der Waals surface area (Å²) in [5.74, 6) is 0.908. The van der Waals surface area contributed by atoms with Crippen molar-refractivity contribution < 1.29 is 4.74 Å². The molecule has 6 nitrogen and oxygen atoms in total. The molecule has 1 unspecified atom stereocenters. The number of rotatable bonds is 10. The lowest BCUT2D eigenvalue weighted by Crippen LogP contribution is -2.42. The van der Waals surface area contributed by atoms with E-state index < -0.39 is 0 Å². The minimum Gasteiger partial charge on any atom is -0.374 e. The van der Waals surface area contributed by atoms with Crippen LogP contribution in [0.15, 0.2) is 35.3 Å². The lowest BCUT2D eigenvalue weighted by molar-refractivity contribution is 0.0652. The molecule has 1 aliphatic rings. The van der Waals surface area contributed by atoms with Crippen molar-refractivity contribution in [2.24, 2.45) is 4.99 Å². The second-order valence-corrected chi connectivity index (χ2v) is 7.46. The predicted molar refractivity (Wildman–Crippen MR) is 118 cm³/mol. The summed E-state index contributed by atoms with van der Waals surface area (Å²) in [6.07, 6.45) is 2.31. The minimum atomic E-state index is 0.129. The van der Waals surface area contributed by atoms with Crippen LogP contribution in [0.25, 0.3) is 0 Å². The molecule has 1 fully saturated rings. The molecule has 1 atom stereocenters. The molecule has 28 heavy (non-hydrogen) atoms. The summed E-state index contributed by atoms with van der Waals surface area (Å²) in [7, 11) is 2.21. The molecule has 1 saturated heterocycles. The van der Waals surface area contributed by atoms with Crippen LogP contribution in [0.4, 0.5) is 0 Å². The largest absolute Gasteiger partial charge is 0.374 e. The zero-order valence-electron chi connectivity index (χ0n) is 18.0. The van der Waals surface area contributed by atoms with Crippen molar-refractivity contribution in [2.75, 3.05) is 66.0 Å². The second-order valence-electron chi connectivity index (χ2n) is 7.46. The summed E-state index contributed by atoms with van der Waals surface area (Å²) in [5, 5.41) is 6.80. The number of likely N-dealkylation sites (N-methyl/N-ethyl adjacent to an activating group) is 1. The normalized spacial score (nSPS) is 17.9. The average molecular weight is 390 g/mol. The Bertz CT molecular complexity index is 551. The van der Waals surface area contributed by atoms with Gasteiger partial charge in [-0.2, -0.15) is 0 Å². The molecule has 1 heterocycles. The molecular weight excluding hydrogens is 350 g/mol. The first-order valence-electron chi connectivity index (χ1n) is 10.8. The van der Waals surface area contributed by atoms with Gasteiger partial charge in [0.2, 0.25) is 0 Å². The molecule has 2 rings (SSSR count). The molecule has 0 aliphatic carbocycles. The Hall–Kier alpha value is -1.63. The van der Waals surface area contributed by atoms with Gasteiger partial charge in [0.15, 0.2) is 5.96 Å². The van der Waals surface area contributed by atoms with Gasteiger partial charge in [0, 0.05) is 45.9 Å². The molecule has 0 aromatic heterocycles. The van der Waals surface area contributed by atoms with Gasteiger partial charge >= 0.3 is 0 Å². The van der Waals surface area contributed by atoms with Gasteiger partial charge in [-0.3, -0.25) is 4.99 Å². The fraction of sp³-hybridized carbons (Fsp3) is 0.682. The molecule has 0 radical (unpaired) electrons. The van der Waals surface area contributed by atoms with E-state index in [4.69, 9.17) is 4.74 Å². The van der Waals surface area contributed by atoms with Crippen LogP contribution in [0.5, 0.6) is 0 Å². The molecule has 0 spiro atoms. The number of nitrogens with zero attached hydrogens (tertiary/aromatic N) is 3. The summed E-state index contributed by atoms with van der Waals surface area (Å²) in [5.41, 5.74) is 1.22. The lowest BCUT2D eigenvalue weighted by Gasteiger charge is -2.21. The van der Waals surface area contributed by atoms with Gasteiger partial charge in [-0.15, -0.1) is 0 Å². The van der Waals surface area contributed by atoms with Crippen LogP contribution >= 0.6 is 0 Å². The molecule has 2 N–H and O–H groups in total. The number of hydrogen-bond donors (Lipinski definition) is 2. The Morgan fingerprint density at radius 2 is 1.96 bits per heavy atom. The van der Waals surface area contributed by atoms with E-state index in [0.29, 0.717) is 0 Å². The van der Waals surface area contributed by atoms with Crippen molar-refractivity contribution in [1.82, 2.24) is 20.4 Å².